The number of ether oxygens (including phenoxy) is 2. The molecule has 3 aromatic rings. The van der Waals surface area contributed by atoms with Crippen LogP contribution in [0.15, 0.2) is 65.8 Å². The third-order valence-electron chi connectivity index (χ3n) is 3.89. The van der Waals surface area contributed by atoms with Crippen molar-refractivity contribution >= 4 is 35.1 Å². The third kappa shape index (κ3) is 4.94. The van der Waals surface area contributed by atoms with Crippen molar-refractivity contribution in [3.05, 3.63) is 87.7 Å². The number of halogens is 3. The molecule has 1 N–H and O–H groups in total. The van der Waals surface area contributed by atoms with Crippen LogP contribution in [0.1, 0.15) is 11.1 Å². The van der Waals surface area contributed by atoms with E-state index in [1.165, 1.54) is 12.1 Å². The first-order valence-electron chi connectivity index (χ1n) is 8.36. The van der Waals surface area contributed by atoms with Crippen molar-refractivity contribution in [1.82, 2.24) is 0 Å². The van der Waals surface area contributed by atoms with E-state index in [0.29, 0.717) is 38.4 Å². The molecular formula is C21H17Cl2FN2O2. The Kier molecular flexibility index (Phi) is 6.74. The van der Waals surface area contributed by atoms with E-state index < -0.39 is 0 Å². The van der Waals surface area contributed by atoms with Gasteiger partial charge < -0.3 is 9.47 Å². The molecule has 0 aliphatic rings. The van der Waals surface area contributed by atoms with Crippen LogP contribution in [0.25, 0.3) is 0 Å². The molecule has 0 aromatic heterocycles. The predicted molar refractivity (Wildman–Crippen MR) is 111 cm³/mol. The lowest BCUT2D eigenvalue weighted by atomic mass is 10.2. The molecular weight excluding hydrogens is 402 g/mol. The fourth-order valence-electron chi connectivity index (χ4n) is 2.47. The van der Waals surface area contributed by atoms with Gasteiger partial charge in [0.05, 0.1) is 19.0 Å². The molecule has 0 saturated carbocycles. The van der Waals surface area contributed by atoms with E-state index in [-0.39, 0.29) is 12.4 Å². The number of nitrogens with zero attached hydrogens (tertiary/aromatic N) is 1. The van der Waals surface area contributed by atoms with Crippen LogP contribution in [-0.2, 0) is 6.61 Å². The lowest BCUT2D eigenvalue weighted by Crippen LogP contribution is -2.02. The summed E-state index contributed by atoms with van der Waals surface area (Å²) in [7, 11) is 1.56. The zero-order chi connectivity index (χ0) is 19.9. The number of nitrogens with one attached hydrogen (secondary N) is 1. The standard InChI is InChI=1S/C21H17Cl2FN2O2/c1-27-20-7-2-4-14(12-25-26-16-10-8-15(24)9-11-16)21(20)28-13-17-18(22)5-3-6-19(17)23/h2-12,26H,13H2,1H3. The van der Waals surface area contributed by atoms with E-state index in [1.807, 2.05) is 12.1 Å². The van der Waals surface area contributed by atoms with E-state index in [4.69, 9.17) is 32.7 Å². The summed E-state index contributed by atoms with van der Waals surface area (Å²) >= 11 is 12.4. The monoisotopic (exact) mass is 418 g/mol. The average molecular weight is 419 g/mol. The maximum Gasteiger partial charge on any atom is 0.170 e. The summed E-state index contributed by atoms with van der Waals surface area (Å²) in [6, 6.07) is 16.6. The van der Waals surface area contributed by atoms with E-state index >= 15 is 0 Å². The maximum absolute atomic E-state index is 13.0. The van der Waals surface area contributed by atoms with Crippen LogP contribution < -0.4 is 14.9 Å². The third-order valence-corrected chi connectivity index (χ3v) is 4.60. The van der Waals surface area contributed by atoms with Gasteiger partial charge in [0.25, 0.3) is 0 Å². The minimum absolute atomic E-state index is 0.172. The molecule has 0 aliphatic carbocycles. The Labute approximate surface area is 172 Å². The first-order valence-corrected chi connectivity index (χ1v) is 9.11. The Bertz CT molecular complexity index is 958. The van der Waals surface area contributed by atoms with Gasteiger partial charge in [-0.15, -0.1) is 0 Å². The van der Waals surface area contributed by atoms with Crippen LogP contribution in [0, 0.1) is 5.82 Å². The van der Waals surface area contributed by atoms with Crippen molar-refractivity contribution in [1.29, 1.82) is 0 Å². The van der Waals surface area contributed by atoms with Crippen molar-refractivity contribution in [3.63, 3.8) is 0 Å². The molecule has 0 bridgehead atoms. The Morgan fingerprint density at radius 1 is 1.00 bits per heavy atom. The summed E-state index contributed by atoms with van der Waals surface area (Å²) in [5.41, 5.74) is 4.88. The minimum atomic E-state index is -0.309. The van der Waals surface area contributed by atoms with Gasteiger partial charge in [0.2, 0.25) is 0 Å². The Balaban J connectivity index is 1.80. The number of para-hydroxylation sites is 1. The smallest absolute Gasteiger partial charge is 0.170 e. The summed E-state index contributed by atoms with van der Waals surface area (Å²) in [5, 5.41) is 5.23. The zero-order valence-electron chi connectivity index (χ0n) is 15.0. The van der Waals surface area contributed by atoms with Gasteiger partial charge in [-0.2, -0.15) is 5.10 Å². The molecule has 0 unspecified atom stereocenters. The van der Waals surface area contributed by atoms with Gasteiger partial charge >= 0.3 is 0 Å². The van der Waals surface area contributed by atoms with Gasteiger partial charge in [0.15, 0.2) is 11.5 Å². The lowest BCUT2D eigenvalue weighted by molar-refractivity contribution is 0.284. The van der Waals surface area contributed by atoms with E-state index in [9.17, 15) is 4.39 Å². The van der Waals surface area contributed by atoms with Crippen molar-refractivity contribution in [2.45, 2.75) is 6.61 Å². The molecule has 0 fully saturated rings. The maximum atomic E-state index is 13.0. The average Bonchev–Trinajstić information content (AvgIpc) is 2.69. The second kappa shape index (κ2) is 9.44. The highest BCUT2D eigenvalue weighted by Crippen LogP contribution is 2.33. The van der Waals surface area contributed by atoms with Crippen LogP contribution in [0.3, 0.4) is 0 Å². The molecule has 0 spiro atoms. The molecule has 3 aromatic carbocycles. The highest BCUT2D eigenvalue weighted by atomic mass is 35.5. The number of methoxy groups -OCH3 is 1. The van der Waals surface area contributed by atoms with E-state index in [2.05, 4.69) is 10.5 Å². The van der Waals surface area contributed by atoms with Gasteiger partial charge in [0.1, 0.15) is 12.4 Å². The summed E-state index contributed by atoms with van der Waals surface area (Å²) in [4.78, 5) is 0. The van der Waals surface area contributed by atoms with Crippen LogP contribution in [0.4, 0.5) is 10.1 Å². The van der Waals surface area contributed by atoms with Gasteiger partial charge in [0, 0.05) is 21.2 Å². The first kappa shape index (κ1) is 20.0. The van der Waals surface area contributed by atoms with Crippen molar-refractivity contribution in [3.8, 4) is 11.5 Å². The van der Waals surface area contributed by atoms with Crippen LogP contribution in [0.2, 0.25) is 10.0 Å². The molecule has 28 heavy (non-hydrogen) atoms. The Hall–Kier alpha value is -2.76. The fraction of sp³-hybridized carbons (Fsp3) is 0.0952. The second-order valence-electron chi connectivity index (χ2n) is 5.74. The van der Waals surface area contributed by atoms with Crippen molar-refractivity contribution < 1.29 is 13.9 Å². The highest BCUT2D eigenvalue weighted by molar-refractivity contribution is 6.35. The van der Waals surface area contributed by atoms with Gasteiger partial charge in [-0.25, -0.2) is 4.39 Å². The summed E-state index contributed by atoms with van der Waals surface area (Å²) in [6.45, 7) is 0.172. The van der Waals surface area contributed by atoms with Crippen molar-refractivity contribution in [2.75, 3.05) is 12.5 Å². The predicted octanol–water partition coefficient (Wildman–Crippen LogP) is 6.17. The Morgan fingerprint density at radius 2 is 1.68 bits per heavy atom. The molecule has 0 heterocycles. The van der Waals surface area contributed by atoms with Crippen LogP contribution in [0.5, 0.6) is 11.5 Å². The number of rotatable bonds is 7. The summed E-state index contributed by atoms with van der Waals surface area (Å²) in [6.07, 6.45) is 1.59. The number of anilines is 1. The lowest BCUT2D eigenvalue weighted by Gasteiger charge is -2.14. The summed E-state index contributed by atoms with van der Waals surface area (Å²) in [5.74, 6) is 0.746. The second-order valence-corrected chi connectivity index (χ2v) is 6.56. The number of benzene rings is 3. The number of hydrogen-bond donors (Lipinski definition) is 1. The van der Waals surface area contributed by atoms with Crippen LogP contribution >= 0.6 is 23.2 Å². The van der Waals surface area contributed by atoms with Crippen LogP contribution in [-0.4, -0.2) is 13.3 Å². The topological polar surface area (TPSA) is 42.8 Å². The molecule has 4 nitrogen and oxygen atoms in total. The minimum Gasteiger partial charge on any atom is -0.493 e. The molecule has 0 radical (unpaired) electrons. The van der Waals surface area contributed by atoms with Gasteiger partial charge in [-0.3, -0.25) is 5.43 Å². The molecule has 7 heteroatoms. The molecule has 0 atom stereocenters. The fourth-order valence-corrected chi connectivity index (χ4v) is 2.97. The molecule has 0 aliphatic heterocycles. The molecule has 0 amide bonds. The Morgan fingerprint density at radius 3 is 2.36 bits per heavy atom. The quantitative estimate of drug-likeness (QED) is 0.368. The SMILES string of the molecule is COc1cccc(C=NNc2ccc(F)cc2)c1OCc1c(Cl)cccc1Cl. The number of hydrogen-bond acceptors (Lipinski definition) is 4. The molecule has 0 saturated heterocycles. The largest absolute Gasteiger partial charge is 0.493 e. The summed E-state index contributed by atoms with van der Waals surface area (Å²) < 4.78 is 24.3. The van der Waals surface area contributed by atoms with E-state index in [1.54, 1.807) is 49.7 Å². The van der Waals surface area contributed by atoms with Crippen molar-refractivity contribution in [2.24, 2.45) is 5.10 Å². The zero-order valence-corrected chi connectivity index (χ0v) is 16.5. The molecule has 144 valence electrons. The first-order chi connectivity index (χ1) is 13.6. The molecule has 3 rings (SSSR count). The van der Waals surface area contributed by atoms with Gasteiger partial charge in [-0.05, 0) is 48.5 Å². The number of hydrazone groups is 1. The van der Waals surface area contributed by atoms with Gasteiger partial charge in [-0.1, -0.05) is 35.3 Å². The normalized spacial score (nSPS) is 10.9. The van der Waals surface area contributed by atoms with E-state index in [0.717, 1.165) is 0 Å². The highest BCUT2D eigenvalue weighted by Gasteiger charge is 2.12.